The average Bonchev–Trinajstić information content (AvgIpc) is 3.44. The van der Waals surface area contributed by atoms with Crippen LogP contribution in [0.1, 0.15) is 5.76 Å². The van der Waals surface area contributed by atoms with Crippen molar-refractivity contribution in [3.8, 4) is 17.1 Å². The maximum atomic E-state index is 12.5. The molecule has 0 radical (unpaired) electrons. The zero-order valence-corrected chi connectivity index (χ0v) is 18.2. The van der Waals surface area contributed by atoms with E-state index in [9.17, 15) is 4.79 Å². The molecule has 0 spiro atoms. The zero-order chi connectivity index (χ0) is 21.6. The van der Waals surface area contributed by atoms with Crippen molar-refractivity contribution in [1.29, 1.82) is 0 Å². The Hall–Kier alpha value is -3.23. The summed E-state index contributed by atoms with van der Waals surface area (Å²) in [6.45, 7) is 0.439. The molecule has 4 aromatic rings. The maximum Gasteiger partial charge on any atom is 0.234 e. The molecular weight excluding hydrogens is 436 g/mol. The van der Waals surface area contributed by atoms with Gasteiger partial charge in [0.05, 0.1) is 31.4 Å². The van der Waals surface area contributed by atoms with Gasteiger partial charge in [-0.1, -0.05) is 35.5 Å². The van der Waals surface area contributed by atoms with Crippen molar-refractivity contribution in [2.75, 3.05) is 18.2 Å². The van der Waals surface area contributed by atoms with E-state index in [-0.39, 0.29) is 11.7 Å². The van der Waals surface area contributed by atoms with Crippen LogP contribution in [0.25, 0.3) is 11.4 Å². The van der Waals surface area contributed by atoms with Crippen LogP contribution in [0, 0.1) is 0 Å². The lowest BCUT2D eigenvalue weighted by atomic mass is 10.2. The molecule has 1 N–H and O–H groups in total. The number of nitrogens with zero attached hydrogens (tertiary/aromatic N) is 3. The summed E-state index contributed by atoms with van der Waals surface area (Å²) in [5.74, 6) is 2.02. The van der Waals surface area contributed by atoms with E-state index < -0.39 is 0 Å². The summed E-state index contributed by atoms with van der Waals surface area (Å²) in [4.78, 5) is 12.5. The first-order chi connectivity index (χ1) is 15.1. The van der Waals surface area contributed by atoms with Crippen molar-refractivity contribution in [3.63, 3.8) is 0 Å². The van der Waals surface area contributed by atoms with E-state index >= 15 is 0 Å². The Morgan fingerprint density at radius 2 is 1.94 bits per heavy atom. The van der Waals surface area contributed by atoms with E-state index in [1.54, 1.807) is 37.6 Å². The quantitative estimate of drug-likeness (QED) is 0.378. The predicted molar refractivity (Wildman–Crippen MR) is 121 cm³/mol. The summed E-state index contributed by atoms with van der Waals surface area (Å²) >= 11 is 7.31. The first-order valence-corrected chi connectivity index (χ1v) is 10.8. The third-order valence-corrected chi connectivity index (χ3v) is 5.65. The largest absolute Gasteiger partial charge is 0.495 e. The lowest BCUT2D eigenvalue weighted by molar-refractivity contribution is -0.113. The Labute approximate surface area is 188 Å². The highest BCUT2D eigenvalue weighted by Crippen LogP contribution is 2.27. The molecular formula is C22H19ClN4O3S. The number of nitrogens with one attached hydrogen (secondary N) is 1. The van der Waals surface area contributed by atoms with Crippen LogP contribution < -0.4 is 10.1 Å². The van der Waals surface area contributed by atoms with E-state index in [0.717, 1.165) is 11.3 Å². The van der Waals surface area contributed by atoms with Gasteiger partial charge < -0.3 is 14.5 Å². The van der Waals surface area contributed by atoms with Gasteiger partial charge in [-0.05, 0) is 48.5 Å². The monoisotopic (exact) mass is 454 g/mol. The van der Waals surface area contributed by atoms with E-state index in [0.29, 0.717) is 34.0 Å². The van der Waals surface area contributed by atoms with Crippen LogP contribution in [0.4, 0.5) is 5.69 Å². The Morgan fingerprint density at radius 1 is 1.13 bits per heavy atom. The summed E-state index contributed by atoms with van der Waals surface area (Å²) in [5, 5.41) is 12.8. The molecule has 2 aromatic carbocycles. The fraction of sp³-hybridized carbons (Fsp3) is 0.136. The molecule has 31 heavy (non-hydrogen) atoms. The van der Waals surface area contributed by atoms with E-state index in [2.05, 4.69) is 15.5 Å². The van der Waals surface area contributed by atoms with Crippen LogP contribution >= 0.6 is 23.4 Å². The van der Waals surface area contributed by atoms with Crippen molar-refractivity contribution in [1.82, 2.24) is 14.8 Å². The second kappa shape index (κ2) is 9.72. The topological polar surface area (TPSA) is 82.2 Å². The Morgan fingerprint density at radius 3 is 2.68 bits per heavy atom. The molecule has 0 aliphatic carbocycles. The molecule has 9 heteroatoms. The van der Waals surface area contributed by atoms with Gasteiger partial charge in [0.15, 0.2) is 11.0 Å². The van der Waals surface area contributed by atoms with E-state index in [1.165, 1.54) is 11.8 Å². The number of benzene rings is 2. The SMILES string of the molecule is COc1ccccc1NC(=O)CSc1nnc(-c2ccc(Cl)cc2)n1Cc1ccco1. The lowest BCUT2D eigenvalue weighted by Crippen LogP contribution is -2.15. The number of rotatable bonds is 8. The number of aromatic nitrogens is 3. The second-order valence-electron chi connectivity index (χ2n) is 6.52. The number of hydrogen-bond donors (Lipinski definition) is 1. The Balaban J connectivity index is 1.53. The highest BCUT2D eigenvalue weighted by Gasteiger charge is 2.17. The van der Waals surface area contributed by atoms with Gasteiger partial charge in [0.2, 0.25) is 5.91 Å². The first-order valence-electron chi connectivity index (χ1n) is 9.41. The van der Waals surface area contributed by atoms with Gasteiger partial charge >= 0.3 is 0 Å². The number of anilines is 1. The number of para-hydroxylation sites is 2. The fourth-order valence-corrected chi connectivity index (χ4v) is 3.84. The highest BCUT2D eigenvalue weighted by atomic mass is 35.5. The summed E-state index contributed by atoms with van der Waals surface area (Å²) in [6.07, 6.45) is 1.62. The smallest absolute Gasteiger partial charge is 0.234 e. The molecule has 7 nitrogen and oxygen atoms in total. The maximum absolute atomic E-state index is 12.5. The minimum absolute atomic E-state index is 0.162. The van der Waals surface area contributed by atoms with Crippen LogP contribution in [0.2, 0.25) is 5.02 Å². The molecule has 0 atom stereocenters. The van der Waals surface area contributed by atoms with Gasteiger partial charge in [-0.15, -0.1) is 10.2 Å². The Bertz CT molecular complexity index is 1160. The molecule has 0 aliphatic rings. The van der Waals surface area contributed by atoms with Crippen LogP contribution in [0.15, 0.2) is 76.5 Å². The fourth-order valence-electron chi connectivity index (χ4n) is 2.97. The number of thioether (sulfide) groups is 1. The minimum Gasteiger partial charge on any atom is -0.495 e. The predicted octanol–water partition coefficient (Wildman–Crippen LogP) is 4.98. The number of amides is 1. The molecule has 1 amide bonds. The number of carbonyl (C=O) groups is 1. The number of halogens is 1. The van der Waals surface area contributed by atoms with Gasteiger partial charge in [0.1, 0.15) is 11.5 Å². The molecule has 0 saturated carbocycles. The number of ether oxygens (including phenoxy) is 1. The number of carbonyl (C=O) groups excluding carboxylic acids is 1. The van der Waals surface area contributed by atoms with E-state index in [4.69, 9.17) is 20.8 Å². The average molecular weight is 455 g/mol. The standard InChI is InChI=1S/C22H19ClN4O3S/c1-29-19-7-3-2-6-18(19)24-20(28)14-31-22-26-25-21(15-8-10-16(23)11-9-15)27(22)13-17-5-4-12-30-17/h2-12H,13-14H2,1H3,(H,24,28). The van der Waals surface area contributed by atoms with Crippen LogP contribution in [-0.2, 0) is 11.3 Å². The van der Waals surface area contributed by atoms with E-state index in [1.807, 2.05) is 41.0 Å². The van der Waals surface area contributed by atoms with Crippen LogP contribution in [0.5, 0.6) is 5.75 Å². The molecule has 0 aliphatic heterocycles. The molecule has 0 bridgehead atoms. The van der Waals surface area contributed by atoms with Crippen molar-refractivity contribution in [2.45, 2.75) is 11.7 Å². The molecule has 0 fully saturated rings. The zero-order valence-electron chi connectivity index (χ0n) is 16.6. The first kappa shape index (κ1) is 21.0. The molecule has 158 valence electrons. The van der Waals surface area contributed by atoms with Gasteiger partial charge in [-0.25, -0.2) is 0 Å². The third kappa shape index (κ3) is 5.10. The second-order valence-corrected chi connectivity index (χ2v) is 7.89. The minimum atomic E-state index is -0.171. The molecule has 0 saturated heterocycles. The van der Waals surface area contributed by atoms with Crippen molar-refractivity contribution < 1.29 is 13.9 Å². The Kier molecular flexibility index (Phi) is 6.59. The number of hydrogen-bond acceptors (Lipinski definition) is 6. The summed E-state index contributed by atoms with van der Waals surface area (Å²) in [6, 6.07) is 18.3. The van der Waals surface area contributed by atoms with Gasteiger partial charge in [0, 0.05) is 10.6 Å². The van der Waals surface area contributed by atoms with Crippen LogP contribution in [-0.4, -0.2) is 33.5 Å². The van der Waals surface area contributed by atoms with Gasteiger partial charge in [-0.2, -0.15) is 0 Å². The normalized spacial score (nSPS) is 10.8. The van der Waals surface area contributed by atoms with Crippen molar-refractivity contribution in [3.05, 3.63) is 77.7 Å². The third-order valence-electron chi connectivity index (χ3n) is 4.43. The van der Waals surface area contributed by atoms with Crippen LogP contribution in [0.3, 0.4) is 0 Å². The summed E-state index contributed by atoms with van der Waals surface area (Å²) < 4.78 is 12.7. The van der Waals surface area contributed by atoms with Crippen molar-refractivity contribution >= 4 is 35.0 Å². The molecule has 2 aromatic heterocycles. The number of methoxy groups -OCH3 is 1. The lowest BCUT2D eigenvalue weighted by Gasteiger charge is -2.11. The van der Waals surface area contributed by atoms with Gasteiger partial charge in [-0.3, -0.25) is 9.36 Å². The highest BCUT2D eigenvalue weighted by molar-refractivity contribution is 7.99. The van der Waals surface area contributed by atoms with Gasteiger partial charge in [0.25, 0.3) is 0 Å². The summed E-state index contributed by atoms with van der Waals surface area (Å²) in [5.41, 5.74) is 1.49. The molecule has 4 rings (SSSR count). The number of furan rings is 1. The summed E-state index contributed by atoms with van der Waals surface area (Å²) in [7, 11) is 1.56. The molecule has 2 heterocycles. The molecule has 0 unspecified atom stereocenters. The van der Waals surface area contributed by atoms with Crippen molar-refractivity contribution in [2.24, 2.45) is 0 Å².